The summed E-state index contributed by atoms with van der Waals surface area (Å²) in [7, 11) is 6.01. The molecule has 188 valence electrons. The number of methoxy groups -OCH3 is 1. The van der Waals surface area contributed by atoms with Gasteiger partial charge in [0.05, 0.1) is 17.3 Å². The average Bonchev–Trinajstić information content (AvgIpc) is 3.25. The Morgan fingerprint density at radius 1 is 1.17 bits per heavy atom. The maximum Gasteiger partial charge on any atom is 0.225 e. The first-order chi connectivity index (χ1) is 16.6. The van der Waals surface area contributed by atoms with Gasteiger partial charge in [0.2, 0.25) is 5.91 Å². The molecule has 0 unspecified atom stereocenters. The number of piperidine rings is 1. The second-order valence-corrected chi connectivity index (χ2v) is 11.7. The van der Waals surface area contributed by atoms with E-state index in [-0.39, 0.29) is 11.3 Å². The van der Waals surface area contributed by atoms with Crippen LogP contribution in [-0.2, 0) is 10.2 Å². The molecule has 1 saturated heterocycles. The lowest BCUT2D eigenvalue weighted by Gasteiger charge is -2.35. The Kier molecular flexibility index (Phi) is 7.79. The maximum absolute atomic E-state index is 12.6. The summed E-state index contributed by atoms with van der Waals surface area (Å²) in [4.78, 5) is 22.2. The van der Waals surface area contributed by atoms with Gasteiger partial charge in [0.1, 0.15) is 10.8 Å². The molecule has 1 fully saturated rings. The second-order valence-electron chi connectivity index (χ2n) is 10.7. The summed E-state index contributed by atoms with van der Waals surface area (Å²) in [6.07, 6.45) is 2.86. The van der Waals surface area contributed by atoms with Gasteiger partial charge in [-0.1, -0.05) is 20.8 Å². The van der Waals surface area contributed by atoms with Gasteiger partial charge in [0.25, 0.3) is 0 Å². The molecule has 0 atom stereocenters. The summed E-state index contributed by atoms with van der Waals surface area (Å²) in [5.74, 6) is 0.961. The van der Waals surface area contributed by atoms with E-state index in [1.165, 1.54) is 12.8 Å². The number of likely N-dealkylation sites (tertiary alicyclic amines) is 1. The van der Waals surface area contributed by atoms with Crippen LogP contribution in [0.1, 0.15) is 45.6 Å². The molecule has 4 rings (SSSR count). The number of fused-ring (bicyclic) bond motifs is 1. The summed E-state index contributed by atoms with van der Waals surface area (Å²) in [5.41, 5.74) is 3.99. The van der Waals surface area contributed by atoms with Crippen molar-refractivity contribution in [3.63, 3.8) is 0 Å². The van der Waals surface area contributed by atoms with Gasteiger partial charge < -0.3 is 19.9 Å². The highest BCUT2D eigenvalue weighted by molar-refractivity contribution is 7.21. The van der Waals surface area contributed by atoms with Crippen molar-refractivity contribution in [2.45, 2.75) is 51.5 Å². The Labute approximate surface area is 213 Å². The van der Waals surface area contributed by atoms with Gasteiger partial charge in [-0.2, -0.15) is 0 Å². The van der Waals surface area contributed by atoms with Crippen molar-refractivity contribution in [1.29, 1.82) is 0 Å². The van der Waals surface area contributed by atoms with E-state index in [2.05, 4.69) is 62.1 Å². The Hall–Kier alpha value is -2.48. The molecular weight excluding hydrogens is 456 g/mol. The van der Waals surface area contributed by atoms with Crippen molar-refractivity contribution < 1.29 is 9.53 Å². The zero-order chi connectivity index (χ0) is 25.2. The number of aromatic nitrogens is 1. The molecule has 7 heteroatoms. The van der Waals surface area contributed by atoms with Crippen LogP contribution in [-0.4, -0.2) is 67.6 Å². The van der Waals surface area contributed by atoms with Gasteiger partial charge in [0.15, 0.2) is 0 Å². The molecule has 6 nitrogen and oxygen atoms in total. The third-order valence-electron chi connectivity index (χ3n) is 6.87. The van der Waals surface area contributed by atoms with Gasteiger partial charge in [-0.15, -0.1) is 11.3 Å². The number of ether oxygens (including phenoxy) is 1. The average molecular weight is 495 g/mol. The first kappa shape index (κ1) is 25.6. The number of benzene rings is 2. The third kappa shape index (κ3) is 6.21. The van der Waals surface area contributed by atoms with E-state index in [4.69, 9.17) is 9.72 Å². The number of thiazole rings is 1. The van der Waals surface area contributed by atoms with Crippen LogP contribution in [0.5, 0.6) is 5.75 Å². The van der Waals surface area contributed by atoms with Crippen LogP contribution in [0.4, 0.5) is 5.69 Å². The van der Waals surface area contributed by atoms with E-state index in [1.807, 2.05) is 24.3 Å². The van der Waals surface area contributed by atoms with Gasteiger partial charge in [-0.3, -0.25) is 4.79 Å². The van der Waals surface area contributed by atoms with Gasteiger partial charge in [-0.05, 0) is 81.8 Å². The van der Waals surface area contributed by atoms with Gasteiger partial charge in [0, 0.05) is 35.8 Å². The fourth-order valence-electron chi connectivity index (χ4n) is 4.70. The number of nitrogens with one attached hydrogen (secondary N) is 1. The van der Waals surface area contributed by atoms with Crippen molar-refractivity contribution in [3.05, 3.63) is 42.0 Å². The van der Waals surface area contributed by atoms with Crippen molar-refractivity contribution in [2.75, 3.05) is 46.2 Å². The lowest BCUT2D eigenvalue weighted by atomic mass is 9.85. The van der Waals surface area contributed by atoms with Crippen molar-refractivity contribution in [1.82, 2.24) is 14.8 Å². The molecule has 0 saturated carbocycles. The molecule has 1 aromatic heterocycles. The second kappa shape index (κ2) is 10.6. The molecule has 1 amide bonds. The molecule has 2 aromatic carbocycles. The molecule has 0 radical (unpaired) electrons. The molecule has 3 aromatic rings. The fraction of sp³-hybridized carbons (Fsp3) is 0.500. The van der Waals surface area contributed by atoms with E-state index < -0.39 is 0 Å². The quantitative estimate of drug-likeness (QED) is 0.462. The zero-order valence-corrected chi connectivity index (χ0v) is 22.7. The van der Waals surface area contributed by atoms with Crippen LogP contribution >= 0.6 is 11.3 Å². The van der Waals surface area contributed by atoms with Crippen LogP contribution in [0.15, 0.2) is 36.4 Å². The Morgan fingerprint density at radius 2 is 1.91 bits per heavy atom. The van der Waals surface area contributed by atoms with Crippen LogP contribution in [0.2, 0.25) is 0 Å². The SMILES string of the molecule is COc1ccc(-c2nc3ccc(NC(=O)CCN4CCC(N(C)C)CC4)cc3s2)cc1C(C)(C)C. The summed E-state index contributed by atoms with van der Waals surface area (Å²) >= 11 is 1.65. The topological polar surface area (TPSA) is 57.7 Å². The highest BCUT2D eigenvalue weighted by Gasteiger charge is 2.22. The van der Waals surface area contributed by atoms with Crippen LogP contribution in [0.25, 0.3) is 20.8 Å². The minimum Gasteiger partial charge on any atom is -0.496 e. The van der Waals surface area contributed by atoms with Crippen molar-refractivity contribution >= 4 is 33.1 Å². The number of hydrogen-bond acceptors (Lipinski definition) is 6. The standard InChI is InChI=1S/C28H38N4O2S/c1-28(2,3)22-17-19(7-10-24(22)34-6)27-30-23-9-8-20(18-25(23)35-27)29-26(33)13-16-32-14-11-21(12-15-32)31(4)5/h7-10,17-18,21H,11-16H2,1-6H3,(H,29,33). The first-order valence-corrected chi connectivity index (χ1v) is 13.2. The predicted molar refractivity (Wildman–Crippen MR) is 147 cm³/mol. The molecule has 0 bridgehead atoms. The van der Waals surface area contributed by atoms with Crippen LogP contribution < -0.4 is 10.1 Å². The van der Waals surface area contributed by atoms with E-state index in [0.717, 1.165) is 57.4 Å². The molecule has 1 aliphatic heterocycles. The smallest absolute Gasteiger partial charge is 0.225 e. The number of carbonyl (C=O) groups is 1. The molecule has 35 heavy (non-hydrogen) atoms. The van der Waals surface area contributed by atoms with Gasteiger partial charge in [-0.25, -0.2) is 4.98 Å². The van der Waals surface area contributed by atoms with Crippen molar-refractivity contribution in [3.8, 4) is 16.3 Å². The lowest BCUT2D eigenvalue weighted by Crippen LogP contribution is -2.42. The molecule has 2 heterocycles. The molecular formula is C28H38N4O2S. The largest absolute Gasteiger partial charge is 0.496 e. The summed E-state index contributed by atoms with van der Waals surface area (Å²) in [6.45, 7) is 9.50. The lowest BCUT2D eigenvalue weighted by molar-refractivity contribution is -0.116. The summed E-state index contributed by atoms with van der Waals surface area (Å²) in [6, 6.07) is 12.9. The normalized spacial score (nSPS) is 15.6. The van der Waals surface area contributed by atoms with Crippen molar-refractivity contribution in [2.24, 2.45) is 0 Å². The summed E-state index contributed by atoms with van der Waals surface area (Å²) < 4.78 is 6.65. The Bertz CT molecular complexity index is 1170. The molecule has 1 aliphatic rings. The van der Waals surface area contributed by atoms with Gasteiger partial charge >= 0.3 is 0 Å². The van der Waals surface area contributed by atoms with E-state index in [9.17, 15) is 4.79 Å². The Morgan fingerprint density at radius 3 is 2.57 bits per heavy atom. The predicted octanol–water partition coefficient (Wildman–Crippen LogP) is 5.62. The summed E-state index contributed by atoms with van der Waals surface area (Å²) in [5, 5.41) is 4.05. The Balaban J connectivity index is 1.41. The van der Waals surface area contributed by atoms with E-state index in [0.29, 0.717) is 12.5 Å². The van der Waals surface area contributed by atoms with Crippen LogP contribution in [0, 0.1) is 0 Å². The zero-order valence-electron chi connectivity index (χ0n) is 21.9. The van der Waals surface area contributed by atoms with E-state index >= 15 is 0 Å². The molecule has 0 aliphatic carbocycles. The molecule has 1 N–H and O–H groups in total. The fourth-order valence-corrected chi connectivity index (χ4v) is 5.70. The minimum absolute atomic E-state index is 0.0300. The number of anilines is 1. The van der Waals surface area contributed by atoms with E-state index in [1.54, 1.807) is 18.4 Å². The number of nitrogens with zero attached hydrogens (tertiary/aromatic N) is 3. The first-order valence-electron chi connectivity index (χ1n) is 12.4. The minimum atomic E-state index is -0.0300. The number of carbonyl (C=O) groups excluding carboxylic acids is 1. The highest BCUT2D eigenvalue weighted by atomic mass is 32.1. The third-order valence-corrected chi connectivity index (χ3v) is 7.94. The number of hydrogen-bond donors (Lipinski definition) is 1. The maximum atomic E-state index is 12.6. The monoisotopic (exact) mass is 494 g/mol. The number of amides is 1. The van der Waals surface area contributed by atoms with Crippen LogP contribution in [0.3, 0.4) is 0 Å². The number of rotatable bonds is 7. The highest BCUT2D eigenvalue weighted by Crippen LogP contribution is 2.37. The molecule has 0 spiro atoms.